The molecule has 0 saturated carbocycles. The second kappa shape index (κ2) is 6.39. The van der Waals surface area contributed by atoms with Crippen molar-refractivity contribution in [3.05, 3.63) is 76.7 Å². The van der Waals surface area contributed by atoms with E-state index in [0.29, 0.717) is 17.2 Å². The fourth-order valence-electron chi connectivity index (χ4n) is 2.53. The molecule has 0 aliphatic carbocycles. The van der Waals surface area contributed by atoms with Crippen LogP contribution < -0.4 is 0 Å². The number of aromatic nitrogens is 3. The standard InChI is InChI=1S/C19H10Cl2FN3/c20-13-9-8-12(18(22)17(13)21)15-6-3-7-16(24-15)19-23-10-11-4-1-2-5-14(11)25-19/h1-10H. The fourth-order valence-corrected chi connectivity index (χ4v) is 2.84. The van der Waals surface area contributed by atoms with E-state index in [4.69, 9.17) is 23.2 Å². The lowest BCUT2D eigenvalue weighted by Gasteiger charge is -2.07. The number of fused-ring (bicyclic) bond motifs is 1. The third-order valence-electron chi connectivity index (χ3n) is 3.78. The van der Waals surface area contributed by atoms with E-state index >= 15 is 0 Å². The van der Waals surface area contributed by atoms with Gasteiger partial charge in [-0.2, -0.15) is 0 Å². The van der Waals surface area contributed by atoms with Crippen LogP contribution in [0.15, 0.2) is 60.8 Å². The minimum atomic E-state index is -0.599. The molecule has 122 valence electrons. The maximum atomic E-state index is 14.4. The van der Waals surface area contributed by atoms with E-state index in [1.807, 2.05) is 24.3 Å². The van der Waals surface area contributed by atoms with Gasteiger partial charge >= 0.3 is 0 Å². The third kappa shape index (κ3) is 2.95. The summed E-state index contributed by atoms with van der Waals surface area (Å²) in [6.45, 7) is 0. The van der Waals surface area contributed by atoms with Gasteiger partial charge in [0.25, 0.3) is 0 Å². The van der Waals surface area contributed by atoms with E-state index in [0.717, 1.165) is 10.9 Å². The number of nitrogens with zero attached hydrogens (tertiary/aromatic N) is 3. The summed E-state index contributed by atoms with van der Waals surface area (Å²) < 4.78 is 14.4. The summed E-state index contributed by atoms with van der Waals surface area (Å²) in [6.07, 6.45) is 1.74. The molecule has 4 rings (SSSR count). The monoisotopic (exact) mass is 369 g/mol. The molecule has 0 bridgehead atoms. The van der Waals surface area contributed by atoms with Crippen LogP contribution in [0.2, 0.25) is 10.0 Å². The van der Waals surface area contributed by atoms with E-state index in [-0.39, 0.29) is 15.6 Å². The van der Waals surface area contributed by atoms with Crippen LogP contribution in [0.4, 0.5) is 4.39 Å². The number of hydrogen-bond acceptors (Lipinski definition) is 3. The van der Waals surface area contributed by atoms with Gasteiger partial charge in [-0.1, -0.05) is 47.5 Å². The Hall–Kier alpha value is -2.56. The second-order valence-electron chi connectivity index (χ2n) is 5.38. The van der Waals surface area contributed by atoms with Crippen LogP contribution in [0.25, 0.3) is 33.7 Å². The number of para-hydroxylation sites is 1. The molecule has 3 nitrogen and oxygen atoms in total. The molecule has 0 saturated heterocycles. The van der Waals surface area contributed by atoms with Gasteiger partial charge in [-0.25, -0.2) is 19.3 Å². The Labute approximate surface area is 153 Å². The van der Waals surface area contributed by atoms with Crippen molar-refractivity contribution in [2.75, 3.05) is 0 Å². The zero-order valence-electron chi connectivity index (χ0n) is 12.7. The van der Waals surface area contributed by atoms with Crippen molar-refractivity contribution in [2.45, 2.75) is 0 Å². The van der Waals surface area contributed by atoms with Crippen LogP contribution in [0.1, 0.15) is 0 Å². The van der Waals surface area contributed by atoms with Gasteiger partial charge in [0.2, 0.25) is 0 Å². The Morgan fingerprint density at radius 3 is 2.48 bits per heavy atom. The summed E-state index contributed by atoms with van der Waals surface area (Å²) in [5.41, 5.74) is 2.08. The van der Waals surface area contributed by atoms with Crippen molar-refractivity contribution in [2.24, 2.45) is 0 Å². The van der Waals surface area contributed by atoms with Gasteiger partial charge in [-0.15, -0.1) is 0 Å². The van der Waals surface area contributed by atoms with Gasteiger partial charge in [-0.3, -0.25) is 0 Å². The molecule has 0 spiro atoms. The van der Waals surface area contributed by atoms with Gasteiger partial charge in [0.1, 0.15) is 5.69 Å². The predicted octanol–water partition coefficient (Wildman–Crippen LogP) is 5.80. The van der Waals surface area contributed by atoms with Gasteiger partial charge < -0.3 is 0 Å². The van der Waals surface area contributed by atoms with Crippen LogP contribution in [-0.4, -0.2) is 15.0 Å². The van der Waals surface area contributed by atoms with Crippen molar-refractivity contribution >= 4 is 34.1 Å². The van der Waals surface area contributed by atoms with Gasteiger partial charge in [0.15, 0.2) is 11.6 Å². The SMILES string of the molecule is Fc1c(-c2cccc(-c3ncc4ccccc4n3)n2)ccc(Cl)c1Cl. The Kier molecular flexibility index (Phi) is 4.07. The smallest absolute Gasteiger partial charge is 0.178 e. The molecule has 0 atom stereocenters. The topological polar surface area (TPSA) is 38.7 Å². The molecule has 4 aromatic rings. The first-order valence-corrected chi connectivity index (χ1v) is 8.22. The lowest BCUT2D eigenvalue weighted by atomic mass is 10.1. The molecule has 2 aromatic carbocycles. The summed E-state index contributed by atoms with van der Waals surface area (Å²) in [7, 11) is 0. The number of hydrogen-bond donors (Lipinski definition) is 0. The summed E-state index contributed by atoms with van der Waals surface area (Å²) >= 11 is 11.7. The van der Waals surface area contributed by atoms with Crippen molar-refractivity contribution in [3.63, 3.8) is 0 Å². The van der Waals surface area contributed by atoms with Crippen molar-refractivity contribution in [1.82, 2.24) is 15.0 Å². The average molecular weight is 370 g/mol. The molecule has 0 aliphatic rings. The molecule has 2 aromatic heterocycles. The molecule has 25 heavy (non-hydrogen) atoms. The lowest BCUT2D eigenvalue weighted by Crippen LogP contribution is -1.95. The van der Waals surface area contributed by atoms with Crippen LogP contribution in [0, 0.1) is 5.82 Å². The summed E-state index contributed by atoms with van der Waals surface area (Å²) in [4.78, 5) is 13.4. The van der Waals surface area contributed by atoms with E-state index in [1.165, 1.54) is 0 Å². The minimum absolute atomic E-state index is 0.117. The normalized spacial score (nSPS) is 11.0. The highest BCUT2D eigenvalue weighted by atomic mass is 35.5. The molecule has 6 heteroatoms. The molecule has 0 N–H and O–H groups in total. The van der Waals surface area contributed by atoms with Gasteiger partial charge in [0, 0.05) is 17.1 Å². The lowest BCUT2D eigenvalue weighted by molar-refractivity contribution is 0.631. The molecule has 0 amide bonds. The second-order valence-corrected chi connectivity index (χ2v) is 6.17. The maximum Gasteiger partial charge on any atom is 0.178 e. The average Bonchev–Trinajstić information content (AvgIpc) is 2.66. The molecule has 0 radical (unpaired) electrons. The van der Waals surface area contributed by atoms with Crippen molar-refractivity contribution in [1.29, 1.82) is 0 Å². The summed E-state index contributed by atoms with van der Waals surface area (Å²) in [6, 6.07) is 16.0. The Balaban J connectivity index is 1.82. The molecular weight excluding hydrogens is 360 g/mol. The highest BCUT2D eigenvalue weighted by molar-refractivity contribution is 6.42. The third-order valence-corrected chi connectivity index (χ3v) is 4.56. The van der Waals surface area contributed by atoms with Crippen LogP contribution >= 0.6 is 23.2 Å². The van der Waals surface area contributed by atoms with E-state index < -0.39 is 5.82 Å². The first-order valence-electron chi connectivity index (χ1n) is 7.46. The van der Waals surface area contributed by atoms with Crippen molar-refractivity contribution < 1.29 is 4.39 Å². The van der Waals surface area contributed by atoms with Gasteiger partial charge in [-0.05, 0) is 30.3 Å². The fraction of sp³-hybridized carbons (Fsp3) is 0. The Morgan fingerprint density at radius 1 is 0.800 bits per heavy atom. The number of halogens is 3. The number of rotatable bonds is 2. The summed E-state index contributed by atoms with van der Waals surface area (Å²) in [5.74, 6) is -0.126. The molecule has 0 aliphatic heterocycles. The minimum Gasteiger partial charge on any atom is -0.244 e. The largest absolute Gasteiger partial charge is 0.244 e. The Bertz CT molecular complexity index is 1100. The predicted molar refractivity (Wildman–Crippen MR) is 98.2 cm³/mol. The molecule has 2 heterocycles. The quantitative estimate of drug-likeness (QED) is 0.418. The van der Waals surface area contributed by atoms with Gasteiger partial charge in [0.05, 0.1) is 21.3 Å². The first-order chi connectivity index (χ1) is 12.1. The van der Waals surface area contributed by atoms with E-state index in [2.05, 4.69) is 15.0 Å². The van der Waals surface area contributed by atoms with Crippen LogP contribution in [0.3, 0.4) is 0 Å². The van der Waals surface area contributed by atoms with E-state index in [9.17, 15) is 4.39 Å². The number of pyridine rings is 1. The molecule has 0 fully saturated rings. The molecular formula is C19H10Cl2FN3. The maximum absolute atomic E-state index is 14.4. The number of benzene rings is 2. The Morgan fingerprint density at radius 2 is 1.60 bits per heavy atom. The van der Waals surface area contributed by atoms with Crippen LogP contribution in [0.5, 0.6) is 0 Å². The summed E-state index contributed by atoms with van der Waals surface area (Å²) in [5, 5.41) is 0.989. The zero-order valence-corrected chi connectivity index (χ0v) is 14.3. The molecule has 0 unspecified atom stereocenters. The highest BCUT2D eigenvalue weighted by Crippen LogP contribution is 2.32. The van der Waals surface area contributed by atoms with Crippen molar-refractivity contribution in [3.8, 4) is 22.8 Å². The first kappa shape index (κ1) is 15.9. The highest BCUT2D eigenvalue weighted by Gasteiger charge is 2.14. The zero-order chi connectivity index (χ0) is 17.4. The van der Waals surface area contributed by atoms with Crippen LogP contribution in [-0.2, 0) is 0 Å². The van der Waals surface area contributed by atoms with E-state index in [1.54, 1.807) is 36.5 Å².